The number of amides is 1. The van der Waals surface area contributed by atoms with E-state index in [2.05, 4.69) is 6.92 Å². The van der Waals surface area contributed by atoms with Gasteiger partial charge < -0.3 is 9.64 Å². The SMILES string of the molecule is CCOC(=O)Cc1c(C)c2c(c(C)c1CC)CN(C1CCCC(F)(F)C1)C(=O)C2. The molecule has 0 bridgehead atoms. The van der Waals surface area contributed by atoms with Crippen LogP contribution < -0.4 is 0 Å². The Bertz CT molecular complexity index is 819. The topological polar surface area (TPSA) is 46.6 Å². The first-order chi connectivity index (χ1) is 13.7. The fourth-order valence-electron chi connectivity index (χ4n) is 5.05. The van der Waals surface area contributed by atoms with Gasteiger partial charge in [0.25, 0.3) is 0 Å². The lowest BCUT2D eigenvalue weighted by Gasteiger charge is -2.41. The van der Waals surface area contributed by atoms with Crippen molar-refractivity contribution in [1.82, 2.24) is 4.90 Å². The maximum Gasteiger partial charge on any atom is 0.310 e. The van der Waals surface area contributed by atoms with E-state index in [-0.39, 0.29) is 37.6 Å². The first-order valence-corrected chi connectivity index (χ1v) is 10.6. The van der Waals surface area contributed by atoms with E-state index in [0.717, 1.165) is 39.8 Å². The van der Waals surface area contributed by atoms with Crippen LogP contribution in [0.3, 0.4) is 0 Å². The van der Waals surface area contributed by atoms with Gasteiger partial charge in [-0.25, -0.2) is 8.78 Å². The van der Waals surface area contributed by atoms with Crippen molar-refractivity contribution >= 4 is 11.9 Å². The van der Waals surface area contributed by atoms with Gasteiger partial charge in [-0.1, -0.05) is 6.92 Å². The summed E-state index contributed by atoms with van der Waals surface area (Å²) in [5, 5.41) is 0. The number of esters is 1. The summed E-state index contributed by atoms with van der Waals surface area (Å²) >= 11 is 0. The standard InChI is InChI=1S/C23H31F2NO3/c1-5-17-14(3)20-13-26(16-8-7-9-23(24,25)12-16)21(27)10-18(20)15(4)19(17)11-22(28)29-6-2/h16H,5-13H2,1-4H3. The van der Waals surface area contributed by atoms with E-state index < -0.39 is 12.0 Å². The van der Waals surface area contributed by atoms with Gasteiger partial charge in [-0.2, -0.15) is 0 Å². The molecule has 1 unspecified atom stereocenters. The molecule has 0 aromatic heterocycles. The van der Waals surface area contributed by atoms with Crippen molar-refractivity contribution in [3.05, 3.63) is 33.4 Å². The number of ether oxygens (including phenoxy) is 1. The molecule has 0 spiro atoms. The van der Waals surface area contributed by atoms with Gasteiger partial charge in [0.15, 0.2) is 0 Å². The summed E-state index contributed by atoms with van der Waals surface area (Å²) in [6.45, 7) is 8.54. The molecular weight excluding hydrogens is 376 g/mol. The van der Waals surface area contributed by atoms with E-state index in [0.29, 0.717) is 26.0 Å². The van der Waals surface area contributed by atoms with Gasteiger partial charge in [-0.15, -0.1) is 0 Å². The maximum absolute atomic E-state index is 14.0. The normalized spacial score (nSPS) is 21.1. The first kappa shape index (κ1) is 21.7. The number of carbonyl (C=O) groups excluding carboxylic acids is 2. The van der Waals surface area contributed by atoms with Gasteiger partial charge in [-0.3, -0.25) is 9.59 Å². The van der Waals surface area contributed by atoms with Crippen molar-refractivity contribution < 1.29 is 23.1 Å². The second-order valence-corrected chi connectivity index (χ2v) is 8.30. The molecule has 1 saturated carbocycles. The molecule has 1 aliphatic heterocycles. The van der Waals surface area contributed by atoms with Crippen LogP contribution in [0.1, 0.15) is 72.9 Å². The molecule has 0 N–H and O–H groups in total. The molecule has 1 aromatic rings. The number of hydrogen-bond donors (Lipinski definition) is 0. The van der Waals surface area contributed by atoms with E-state index in [1.807, 2.05) is 13.8 Å². The summed E-state index contributed by atoms with van der Waals surface area (Å²) in [6, 6.07) is -0.400. The number of alkyl halides is 2. The lowest BCUT2D eigenvalue weighted by Crippen LogP contribution is -2.48. The number of rotatable bonds is 5. The van der Waals surface area contributed by atoms with Crippen molar-refractivity contribution in [3.63, 3.8) is 0 Å². The fraction of sp³-hybridized carbons (Fsp3) is 0.652. The monoisotopic (exact) mass is 407 g/mol. The number of hydrogen-bond acceptors (Lipinski definition) is 3. The predicted octanol–water partition coefficient (Wildman–Crippen LogP) is 4.43. The zero-order valence-corrected chi connectivity index (χ0v) is 17.9. The van der Waals surface area contributed by atoms with Crippen molar-refractivity contribution in [2.24, 2.45) is 0 Å². The second kappa shape index (κ2) is 8.41. The van der Waals surface area contributed by atoms with Gasteiger partial charge in [0, 0.05) is 25.4 Å². The minimum Gasteiger partial charge on any atom is -0.466 e. The summed E-state index contributed by atoms with van der Waals surface area (Å²) in [5.41, 5.74) is 6.14. The molecule has 4 nitrogen and oxygen atoms in total. The Morgan fingerprint density at radius 1 is 1.17 bits per heavy atom. The van der Waals surface area contributed by atoms with E-state index in [9.17, 15) is 18.4 Å². The van der Waals surface area contributed by atoms with Crippen LogP contribution in [-0.4, -0.2) is 35.3 Å². The van der Waals surface area contributed by atoms with Crippen LogP contribution in [-0.2, 0) is 40.1 Å². The zero-order valence-electron chi connectivity index (χ0n) is 17.9. The van der Waals surface area contributed by atoms with Crippen LogP contribution in [0.4, 0.5) is 8.78 Å². The number of fused-ring (bicyclic) bond motifs is 1. The van der Waals surface area contributed by atoms with E-state index in [4.69, 9.17) is 4.74 Å². The number of benzene rings is 1. The Morgan fingerprint density at radius 2 is 1.86 bits per heavy atom. The molecule has 1 fully saturated rings. The van der Waals surface area contributed by atoms with Crippen LogP contribution in [0.2, 0.25) is 0 Å². The van der Waals surface area contributed by atoms with Gasteiger partial charge in [-0.05, 0) is 73.4 Å². The summed E-state index contributed by atoms with van der Waals surface area (Å²) in [7, 11) is 0. The van der Waals surface area contributed by atoms with Crippen LogP contribution in [0.25, 0.3) is 0 Å². The van der Waals surface area contributed by atoms with Crippen molar-refractivity contribution in [3.8, 4) is 0 Å². The van der Waals surface area contributed by atoms with Gasteiger partial charge in [0.1, 0.15) is 0 Å². The van der Waals surface area contributed by atoms with Crippen LogP contribution in [0.15, 0.2) is 0 Å². The minimum absolute atomic E-state index is 0.0859. The number of nitrogens with zero attached hydrogens (tertiary/aromatic N) is 1. The lowest BCUT2D eigenvalue weighted by molar-refractivity contribution is -0.142. The second-order valence-electron chi connectivity index (χ2n) is 8.30. The summed E-state index contributed by atoms with van der Waals surface area (Å²) in [6.07, 6.45) is 1.93. The van der Waals surface area contributed by atoms with Crippen LogP contribution >= 0.6 is 0 Å². The molecule has 1 heterocycles. The third-order valence-electron chi connectivity index (χ3n) is 6.55. The molecule has 6 heteroatoms. The van der Waals surface area contributed by atoms with E-state index >= 15 is 0 Å². The third-order valence-corrected chi connectivity index (χ3v) is 6.55. The molecule has 1 amide bonds. The highest BCUT2D eigenvalue weighted by Crippen LogP contribution is 2.39. The zero-order chi connectivity index (χ0) is 21.3. The van der Waals surface area contributed by atoms with Crippen LogP contribution in [0, 0.1) is 13.8 Å². The predicted molar refractivity (Wildman–Crippen MR) is 107 cm³/mol. The molecule has 2 aliphatic rings. The fourth-order valence-corrected chi connectivity index (χ4v) is 5.05. The molecule has 0 radical (unpaired) electrons. The Hall–Kier alpha value is -1.98. The Balaban J connectivity index is 1.97. The molecule has 1 aromatic carbocycles. The smallest absolute Gasteiger partial charge is 0.310 e. The molecule has 29 heavy (non-hydrogen) atoms. The number of halogens is 2. The van der Waals surface area contributed by atoms with Crippen LogP contribution in [0.5, 0.6) is 0 Å². The third kappa shape index (κ3) is 4.31. The Morgan fingerprint density at radius 3 is 2.48 bits per heavy atom. The summed E-state index contributed by atoms with van der Waals surface area (Å²) in [5.74, 6) is -3.04. The highest BCUT2D eigenvalue weighted by Gasteiger charge is 2.41. The van der Waals surface area contributed by atoms with Gasteiger partial charge in [0.2, 0.25) is 11.8 Å². The summed E-state index contributed by atoms with van der Waals surface area (Å²) < 4.78 is 33.0. The Labute approximate surface area is 171 Å². The van der Waals surface area contributed by atoms with E-state index in [1.54, 1.807) is 11.8 Å². The average molecular weight is 408 g/mol. The lowest BCUT2D eigenvalue weighted by atomic mass is 9.81. The molecule has 1 aliphatic carbocycles. The molecule has 3 rings (SSSR count). The summed E-state index contributed by atoms with van der Waals surface area (Å²) in [4.78, 5) is 26.7. The van der Waals surface area contributed by atoms with Crippen molar-refractivity contribution in [1.29, 1.82) is 0 Å². The van der Waals surface area contributed by atoms with E-state index in [1.165, 1.54) is 0 Å². The molecular formula is C23H31F2NO3. The highest BCUT2D eigenvalue weighted by atomic mass is 19.3. The van der Waals surface area contributed by atoms with Gasteiger partial charge in [0.05, 0.1) is 19.4 Å². The largest absolute Gasteiger partial charge is 0.466 e. The molecule has 1 atom stereocenters. The quantitative estimate of drug-likeness (QED) is 0.678. The maximum atomic E-state index is 14.0. The average Bonchev–Trinajstić information content (AvgIpc) is 2.65. The first-order valence-electron chi connectivity index (χ1n) is 10.6. The molecule has 160 valence electrons. The highest BCUT2D eigenvalue weighted by molar-refractivity contribution is 5.83. The molecule has 0 saturated heterocycles. The minimum atomic E-state index is -2.69. The number of carbonyl (C=O) groups is 2. The van der Waals surface area contributed by atoms with Gasteiger partial charge >= 0.3 is 5.97 Å². The van der Waals surface area contributed by atoms with Crippen molar-refractivity contribution in [2.75, 3.05) is 6.61 Å². The Kier molecular flexibility index (Phi) is 6.30. The van der Waals surface area contributed by atoms with Crippen molar-refractivity contribution in [2.45, 2.75) is 91.1 Å².